The fourth-order valence-electron chi connectivity index (χ4n) is 4.07. The van der Waals surface area contributed by atoms with Crippen molar-refractivity contribution in [1.29, 1.82) is 0 Å². The molecule has 0 amide bonds. The maximum atomic E-state index is 11.8. The third kappa shape index (κ3) is 4.37. The van der Waals surface area contributed by atoms with E-state index in [0.717, 1.165) is 38.5 Å². The SMILES string of the molecule is Cn1c(C2CCS(=O)(=O)C2)nn(CN2CCN(Cc3ccccc3)CC2)c1=S. The van der Waals surface area contributed by atoms with Crippen LogP contribution < -0.4 is 0 Å². The van der Waals surface area contributed by atoms with E-state index >= 15 is 0 Å². The van der Waals surface area contributed by atoms with Gasteiger partial charge in [0.05, 0.1) is 18.2 Å². The third-order valence-electron chi connectivity index (χ3n) is 5.72. The molecular weight excluding hydrogens is 394 g/mol. The number of hydrogen-bond donors (Lipinski definition) is 0. The summed E-state index contributed by atoms with van der Waals surface area (Å²) in [6.45, 7) is 5.62. The summed E-state index contributed by atoms with van der Waals surface area (Å²) in [5.74, 6) is 1.19. The van der Waals surface area contributed by atoms with E-state index < -0.39 is 9.84 Å². The molecule has 2 aromatic rings. The minimum atomic E-state index is -2.94. The molecule has 1 unspecified atom stereocenters. The average molecular weight is 422 g/mol. The Morgan fingerprint density at radius 3 is 2.43 bits per heavy atom. The lowest BCUT2D eigenvalue weighted by Gasteiger charge is -2.34. The lowest BCUT2D eigenvalue weighted by Crippen LogP contribution is -2.46. The first-order valence-corrected chi connectivity index (χ1v) is 12.0. The van der Waals surface area contributed by atoms with E-state index in [2.05, 4.69) is 34.1 Å². The lowest BCUT2D eigenvalue weighted by molar-refractivity contribution is 0.0979. The molecule has 1 aromatic carbocycles. The summed E-state index contributed by atoms with van der Waals surface area (Å²) >= 11 is 5.56. The lowest BCUT2D eigenvalue weighted by atomic mass is 10.1. The van der Waals surface area contributed by atoms with Gasteiger partial charge in [0.1, 0.15) is 5.82 Å². The van der Waals surface area contributed by atoms with Crippen molar-refractivity contribution in [1.82, 2.24) is 24.1 Å². The number of benzene rings is 1. The van der Waals surface area contributed by atoms with Gasteiger partial charge >= 0.3 is 0 Å². The molecule has 28 heavy (non-hydrogen) atoms. The van der Waals surface area contributed by atoms with Crippen molar-refractivity contribution in [2.24, 2.45) is 7.05 Å². The molecule has 9 heteroatoms. The number of sulfone groups is 1. The van der Waals surface area contributed by atoms with Gasteiger partial charge in [0.15, 0.2) is 14.6 Å². The smallest absolute Gasteiger partial charge is 0.198 e. The Morgan fingerprint density at radius 2 is 1.79 bits per heavy atom. The Kier molecular flexibility index (Phi) is 5.69. The zero-order chi connectivity index (χ0) is 19.7. The molecule has 2 aliphatic heterocycles. The second kappa shape index (κ2) is 8.06. The van der Waals surface area contributed by atoms with E-state index in [1.807, 2.05) is 22.4 Å². The van der Waals surface area contributed by atoms with Gasteiger partial charge < -0.3 is 4.57 Å². The van der Waals surface area contributed by atoms with Crippen molar-refractivity contribution in [3.63, 3.8) is 0 Å². The normalized spacial score (nSPS) is 23.2. The van der Waals surface area contributed by atoms with Crippen LogP contribution in [-0.4, -0.2) is 70.2 Å². The van der Waals surface area contributed by atoms with Crippen LogP contribution in [0.15, 0.2) is 30.3 Å². The van der Waals surface area contributed by atoms with E-state index in [-0.39, 0.29) is 17.4 Å². The highest BCUT2D eigenvalue weighted by molar-refractivity contribution is 7.91. The van der Waals surface area contributed by atoms with Crippen LogP contribution >= 0.6 is 12.2 Å². The molecule has 0 N–H and O–H groups in total. The monoisotopic (exact) mass is 421 g/mol. The van der Waals surface area contributed by atoms with Crippen molar-refractivity contribution >= 4 is 22.1 Å². The predicted octanol–water partition coefficient (Wildman–Crippen LogP) is 1.63. The van der Waals surface area contributed by atoms with Gasteiger partial charge in [-0.1, -0.05) is 30.3 Å². The molecule has 0 saturated carbocycles. The molecule has 0 radical (unpaired) electrons. The maximum Gasteiger partial charge on any atom is 0.198 e. The first-order valence-electron chi connectivity index (χ1n) is 9.74. The van der Waals surface area contributed by atoms with Gasteiger partial charge in [-0.3, -0.25) is 9.80 Å². The zero-order valence-corrected chi connectivity index (χ0v) is 17.8. The summed E-state index contributed by atoms with van der Waals surface area (Å²) in [5.41, 5.74) is 1.35. The highest BCUT2D eigenvalue weighted by Crippen LogP contribution is 2.27. The van der Waals surface area contributed by atoms with Crippen molar-refractivity contribution in [3.8, 4) is 0 Å². The summed E-state index contributed by atoms with van der Waals surface area (Å²) < 4.78 is 28.0. The van der Waals surface area contributed by atoms with E-state index in [4.69, 9.17) is 17.3 Å². The molecule has 7 nitrogen and oxygen atoms in total. The minimum Gasteiger partial charge on any atom is -0.307 e. The molecule has 1 atom stereocenters. The van der Waals surface area contributed by atoms with Crippen LogP contribution in [0.1, 0.15) is 23.7 Å². The predicted molar refractivity (Wildman–Crippen MR) is 111 cm³/mol. The topological polar surface area (TPSA) is 63.4 Å². The molecule has 1 aromatic heterocycles. The highest BCUT2D eigenvalue weighted by Gasteiger charge is 2.32. The van der Waals surface area contributed by atoms with Crippen molar-refractivity contribution < 1.29 is 8.42 Å². The molecule has 2 aliphatic rings. The van der Waals surface area contributed by atoms with E-state index in [9.17, 15) is 8.42 Å². The van der Waals surface area contributed by atoms with Gasteiger partial charge in [-0.15, -0.1) is 0 Å². The van der Waals surface area contributed by atoms with Crippen LogP contribution in [-0.2, 0) is 30.1 Å². The number of hydrogen-bond acceptors (Lipinski definition) is 6. The summed E-state index contributed by atoms with van der Waals surface area (Å²) in [5, 5.41) is 4.69. The van der Waals surface area contributed by atoms with Crippen molar-refractivity contribution in [2.45, 2.75) is 25.6 Å². The van der Waals surface area contributed by atoms with Crippen LogP contribution in [0.3, 0.4) is 0 Å². The van der Waals surface area contributed by atoms with Crippen LogP contribution in [0, 0.1) is 4.77 Å². The van der Waals surface area contributed by atoms with Crippen LogP contribution in [0.4, 0.5) is 0 Å². The van der Waals surface area contributed by atoms with Crippen LogP contribution in [0.2, 0.25) is 0 Å². The molecule has 152 valence electrons. The number of piperazine rings is 1. The fraction of sp³-hybridized carbons (Fsp3) is 0.579. The standard InChI is InChI=1S/C19H27N5O2S2/c1-21-18(17-7-12-28(25,26)14-17)20-24(19(21)27)15-23-10-8-22(9-11-23)13-16-5-3-2-4-6-16/h2-6,17H,7-15H2,1H3. The van der Waals surface area contributed by atoms with Crippen LogP contribution in [0.5, 0.6) is 0 Å². The molecule has 0 aliphatic carbocycles. The molecule has 4 rings (SSSR count). The third-order valence-corrected chi connectivity index (χ3v) is 7.97. The first kappa shape index (κ1) is 19.8. The molecule has 2 fully saturated rings. The first-order chi connectivity index (χ1) is 13.4. The Bertz CT molecular complexity index is 975. The quantitative estimate of drug-likeness (QED) is 0.684. The second-order valence-electron chi connectivity index (χ2n) is 7.82. The van der Waals surface area contributed by atoms with Gasteiger partial charge in [0.25, 0.3) is 0 Å². The molecular formula is C19H27N5O2S2. The Morgan fingerprint density at radius 1 is 1.11 bits per heavy atom. The summed E-state index contributed by atoms with van der Waals surface area (Å²) in [7, 11) is -1.04. The Balaban J connectivity index is 1.37. The highest BCUT2D eigenvalue weighted by atomic mass is 32.2. The average Bonchev–Trinajstić information content (AvgIpc) is 3.18. The second-order valence-corrected chi connectivity index (χ2v) is 10.4. The van der Waals surface area contributed by atoms with E-state index in [1.54, 1.807) is 0 Å². The molecule has 2 saturated heterocycles. The summed E-state index contributed by atoms with van der Waals surface area (Å²) in [6.07, 6.45) is 0.639. The van der Waals surface area contributed by atoms with Gasteiger partial charge in [-0.05, 0) is 24.2 Å². The Hall–Kier alpha value is -1.55. The number of rotatable bonds is 5. The summed E-state index contributed by atoms with van der Waals surface area (Å²) in [6, 6.07) is 10.6. The number of nitrogens with zero attached hydrogens (tertiary/aromatic N) is 5. The van der Waals surface area contributed by atoms with Gasteiger partial charge in [-0.2, -0.15) is 5.10 Å². The molecule has 3 heterocycles. The Labute approximate surface area is 171 Å². The largest absolute Gasteiger partial charge is 0.307 e. The van der Waals surface area contributed by atoms with Crippen molar-refractivity contribution in [3.05, 3.63) is 46.5 Å². The minimum absolute atomic E-state index is 0.0410. The maximum absolute atomic E-state index is 11.8. The molecule has 0 bridgehead atoms. The van der Waals surface area contributed by atoms with E-state index in [1.165, 1.54) is 5.56 Å². The van der Waals surface area contributed by atoms with Gasteiger partial charge in [-0.25, -0.2) is 13.1 Å². The zero-order valence-electron chi connectivity index (χ0n) is 16.2. The number of aromatic nitrogens is 3. The van der Waals surface area contributed by atoms with Gasteiger partial charge in [0, 0.05) is 45.7 Å². The fourth-order valence-corrected chi connectivity index (χ4v) is 6.00. The van der Waals surface area contributed by atoms with Crippen LogP contribution in [0.25, 0.3) is 0 Å². The summed E-state index contributed by atoms with van der Waals surface area (Å²) in [4.78, 5) is 4.83. The van der Waals surface area contributed by atoms with Crippen molar-refractivity contribution in [2.75, 3.05) is 37.7 Å². The molecule has 0 spiro atoms. The van der Waals surface area contributed by atoms with E-state index in [0.29, 0.717) is 17.9 Å². The van der Waals surface area contributed by atoms with Gasteiger partial charge in [0.2, 0.25) is 0 Å².